The minimum Gasteiger partial charge on any atom is -0.399 e. The van der Waals surface area contributed by atoms with Crippen LogP contribution in [0.3, 0.4) is 0 Å². The zero-order valence-electron chi connectivity index (χ0n) is 29.4. The molecule has 254 valence electrons. The van der Waals surface area contributed by atoms with Crippen molar-refractivity contribution in [1.82, 2.24) is 5.32 Å². The number of anilines is 1. The molecular weight excluding hydrogens is 657 g/mol. The molecule has 4 heteroatoms. The number of nitrogens with zero attached hydrogens (tertiary/aromatic N) is 2. The summed E-state index contributed by atoms with van der Waals surface area (Å²) in [6.45, 7) is 0. The monoisotopic (exact) mass is 690 g/mol. The Bertz CT molecular complexity index is 2800. The molecule has 1 unspecified atom stereocenters. The fraction of sp³-hybridized carbons (Fsp3) is 0.0400. The third-order valence-corrected chi connectivity index (χ3v) is 11.5. The third kappa shape index (κ3) is 4.31. The number of hydrogen-bond acceptors (Lipinski definition) is 4. The van der Waals surface area contributed by atoms with Crippen molar-refractivity contribution in [2.45, 2.75) is 11.6 Å². The zero-order valence-corrected chi connectivity index (χ0v) is 29.4. The molecule has 0 fully saturated rings. The minimum absolute atomic E-state index is 0.482. The summed E-state index contributed by atoms with van der Waals surface area (Å²) in [6.07, 6.45) is -0.482. The van der Waals surface area contributed by atoms with Crippen LogP contribution in [0.25, 0.3) is 44.2 Å². The number of nitrogens with one attached hydrogen (secondary N) is 1. The number of amidine groups is 2. The average molecular weight is 691 g/mol. The molecule has 4 nitrogen and oxygen atoms in total. The largest absolute Gasteiger partial charge is 0.399 e. The van der Waals surface area contributed by atoms with Gasteiger partial charge in [0.15, 0.2) is 6.17 Å². The highest BCUT2D eigenvalue weighted by molar-refractivity contribution is 6.16. The molecule has 3 aliphatic rings. The standard InChI is InChI=1S/C50H34N4/c51-34-28-26-31(27-29-34)35-22-13-25-43-45(35)38-20-9-11-23-41(38)50(43)42-24-12-10-21-39(42)46-37-19-8-7-18-36(37)40(30-44(46)50)49-53-47(32-14-3-1-4-15-32)52-48(54-49)33-16-5-2-6-17-33/h1-30,49H,51H2,(H,52,53,54). The first kappa shape index (κ1) is 30.6. The van der Waals surface area contributed by atoms with Crippen LogP contribution in [0.2, 0.25) is 0 Å². The second-order valence-corrected chi connectivity index (χ2v) is 14.3. The molecule has 1 atom stereocenters. The molecule has 8 aromatic rings. The Labute approximate surface area is 314 Å². The van der Waals surface area contributed by atoms with Gasteiger partial charge in [-0.25, -0.2) is 9.98 Å². The summed E-state index contributed by atoms with van der Waals surface area (Å²) < 4.78 is 0. The summed E-state index contributed by atoms with van der Waals surface area (Å²) in [7, 11) is 0. The summed E-state index contributed by atoms with van der Waals surface area (Å²) in [5, 5.41) is 5.96. The van der Waals surface area contributed by atoms with E-state index in [2.05, 4.69) is 163 Å². The lowest BCUT2D eigenvalue weighted by Crippen LogP contribution is -2.36. The molecule has 0 saturated heterocycles. The summed E-state index contributed by atoms with van der Waals surface area (Å²) in [6, 6.07) is 65.1. The van der Waals surface area contributed by atoms with Gasteiger partial charge in [0.25, 0.3) is 0 Å². The Balaban J connectivity index is 1.23. The Morgan fingerprint density at radius 1 is 0.426 bits per heavy atom. The second-order valence-electron chi connectivity index (χ2n) is 14.3. The van der Waals surface area contributed by atoms with E-state index in [1.165, 1.54) is 55.5 Å². The predicted octanol–water partition coefficient (Wildman–Crippen LogP) is 10.9. The fourth-order valence-corrected chi connectivity index (χ4v) is 9.26. The van der Waals surface area contributed by atoms with Crippen LogP contribution in [0.1, 0.15) is 45.1 Å². The number of hydrogen-bond donors (Lipinski definition) is 2. The van der Waals surface area contributed by atoms with E-state index in [4.69, 9.17) is 15.7 Å². The van der Waals surface area contributed by atoms with Gasteiger partial charge in [-0.3, -0.25) is 0 Å². The van der Waals surface area contributed by atoms with Gasteiger partial charge in [0.2, 0.25) is 0 Å². The summed E-state index contributed by atoms with van der Waals surface area (Å²) in [4.78, 5) is 10.8. The summed E-state index contributed by atoms with van der Waals surface area (Å²) >= 11 is 0. The van der Waals surface area contributed by atoms with Crippen LogP contribution < -0.4 is 11.1 Å². The number of aliphatic imine (C=N–C) groups is 2. The van der Waals surface area contributed by atoms with Gasteiger partial charge in [-0.05, 0) is 84.6 Å². The number of benzene rings is 8. The highest BCUT2D eigenvalue weighted by atomic mass is 15.2. The molecule has 0 radical (unpaired) electrons. The molecular formula is C50H34N4. The van der Waals surface area contributed by atoms with Crippen LogP contribution in [0.5, 0.6) is 0 Å². The van der Waals surface area contributed by atoms with E-state index in [-0.39, 0.29) is 0 Å². The van der Waals surface area contributed by atoms with Crippen molar-refractivity contribution in [3.63, 3.8) is 0 Å². The molecule has 2 aliphatic carbocycles. The molecule has 3 N–H and O–H groups in total. The molecule has 54 heavy (non-hydrogen) atoms. The number of nitrogens with two attached hydrogens (primary N) is 1. The van der Waals surface area contributed by atoms with Gasteiger partial charge in [-0.1, -0.05) is 164 Å². The van der Waals surface area contributed by atoms with E-state index in [9.17, 15) is 0 Å². The van der Waals surface area contributed by atoms with E-state index in [0.29, 0.717) is 0 Å². The summed E-state index contributed by atoms with van der Waals surface area (Å²) in [5.41, 5.74) is 22.1. The lowest BCUT2D eigenvalue weighted by molar-refractivity contribution is 0.750. The Morgan fingerprint density at radius 2 is 0.944 bits per heavy atom. The van der Waals surface area contributed by atoms with Gasteiger partial charge < -0.3 is 11.1 Å². The highest BCUT2D eigenvalue weighted by Crippen LogP contribution is 2.65. The maximum Gasteiger partial charge on any atom is 0.170 e. The lowest BCUT2D eigenvalue weighted by atomic mass is 9.70. The van der Waals surface area contributed by atoms with Crippen molar-refractivity contribution in [2.75, 3.05) is 5.73 Å². The first-order valence-corrected chi connectivity index (χ1v) is 18.5. The smallest absolute Gasteiger partial charge is 0.170 e. The van der Waals surface area contributed by atoms with E-state index >= 15 is 0 Å². The fourth-order valence-electron chi connectivity index (χ4n) is 9.26. The van der Waals surface area contributed by atoms with Crippen molar-refractivity contribution in [3.05, 3.63) is 221 Å². The average Bonchev–Trinajstić information content (AvgIpc) is 3.72. The number of nitrogen functional groups attached to an aromatic ring is 1. The van der Waals surface area contributed by atoms with Crippen LogP contribution >= 0.6 is 0 Å². The molecule has 0 amide bonds. The van der Waals surface area contributed by atoms with E-state index in [1.54, 1.807) is 0 Å². The first-order valence-electron chi connectivity index (χ1n) is 18.5. The molecule has 0 aromatic heterocycles. The molecule has 0 bridgehead atoms. The number of fused-ring (bicyclic) bond motifs is 12. The molecule has 1 aliphatic heterocycles. The molecule has 1 spiro atoms. The number of rotatable bonds is 4. The topological polar surface area (TPSA) is 62.8 Å². The normalized spacial score (nSPS) is 16.6. The molecule has 0 saturated carbocycles. The highest BCUT2D eigenvalue weighted by Gasteiger charge is 2.53. The maximum atomic E-state index is 6.18. The van der Waals surface area contributed by atoms with Gasteiger partial charge >= 0.3 is 0 Å². The van der Waals surface area contributed by atoms with Crippen LogP contribution in [0.4, 0.5) is 5.69 Å². The van der Waals surface area contributed by atoms with E-state index in [0.717, 1.165) is 45.0 Å². The van der Waals surface area contributed by atoms with Gasteiger partial charge in [-0.15, -0.1) is 0 Å². The van der Waals surface area contributed by atoms with Crippen LogP contribution in [0, 0.1) is 0 Å². The van der Waals surface area contributed by atoms with Gasteiger partial charge in [-0.2, -0.15) is 0 Å². The van der Waals surface area contributed by atoms with Crippen molar-refractivity contribution in [2.24, 2.45) is 9.98 Å². The SMILES string of the molecule is Nc1ccc(-c2cccc3c2-c2ccccc2C32c3ccccc3-c3c2cc(C2N=C(c4ccccc4)NC(c4ccccc4)=N2)c2ccccc32)cc1. The quantitative estimate of drug-likeness (QED) is 0.181. The van der Waals surface area contributed by atoms with Crippen molar-refractivity contribution in [3.8, 4) is 33.4 Å². The molecule has 11 rings (SSSR count). The van der Waals surface area contributed by atoms with E-state index < -0.39 is 11.6 Å². The predicted molar refractivity (Wildman–Crippen MR) is 222 cm³/mol. The van der Waals surface area contributed by atoms with Gasteiger partial charge in [0.1, 0.15) is 11.7 Å². The Morgan fingerprint density at radius 3 is 1.59 bits per heavy atom. The third-order valence-electron chi connectivity index (χ3n) is 11.5. The zero-order chi connectivity index (χ0) is 35.8. The maximum absolute atomic E-state index is 6.18. The Kier molecular flexibility index (Phi) is 6.65. The van der Waals surface area contributed by atoms with Crippen molar-refractivity contribution < 1.29 is 0 Å². The molecule has 1 heterocycles. The molecule has 8 aromatic carbocycles. The minimum atomic E-state index is -0.550. The van der Waals surface area contributed by atoms with Crippen LogP contribution in [0.15, 0.2) is 192 Å². The lowest BCUT2D eigenvalue weighted by Gasteiger charge is -2.31. The van der Waals surface area contributed by atoms with Crippen molar-refractivity contribution >= 4 is 28.1 Å². The Hall–Kier alpha value is -7.04. The summed E-state index contributed by atoms with van der Waals surface area (Å²) in [5.74, 6) is 1.61. The van der Waals surface area contributed by atoms with Crippen LogP contribution in [-0.2, 0) is 5.41 Å². The second kappa shape index (κ2) is 11.7. The van der Waals surface area contributed by atoms with Gasteiger partial charge in [0, 0.05) is 22.4 Å². The van der Waals surface area contributed by atoms with E-state index in [1.807, 2.05) is 24.3 Å². The van der Waals surface area contributed by atoms with Gasteiger partial charge in [0.05, 0.1) is 5.41 Å². The van der Waals surface area contributed by atoms with Crippen molar-refractivity contribution in [1.29, 1.82) is 0 Å². The first-order chi connectivity index (χ1) is 26.7. The van der Waals surface area contributed by atoms with Crippen LogP contribution in [-0.4, -0.2) is 11.7 Å².